The van der Waals surface area contributed by atoms with Crippen molar-refractivity contribution in [2.75, 3.05) is 26.5 Å². The fourth-order valence-electron chi connectivity index (χ4n) is 2.05. The first-order chi connectivity index (χ1) is 10.7. The van der Waals surface area contributed by atoms with Crippen LogP contribution in [0.2, 0.25) is 0 Å². The van der Waals surface area contributed by atoms with Crippen molar-refractivity contribution in [1.82, 2.24) is 9.62 Å². The molecule has 0 fully saturated rings. The number of carbonyl (C=O) groups excluding carboxylic acids is 1. The van der Waals surface area contributed by atoms with E-state index in [1.54, 1.807) is 24.3 Å². The third kappa shape index (κ3) is 6.68. The minimum absolute atomic E-state index is 0.152. The Morgan fingerprint density at radius 3 is 2.39 bits per heavy atom. The van der Waals surface area contributed by atoms with Crippen molar-refractivity contribution in [3.63, 3.8) is 0 Å². The molecule has 6 nitrogen and oxygen atoms in total. The molecule has 23 heavy (non-hydrogen) atoms. The summed E-state index contributed by atoms with van der Waals surface area (Å²) < 4.78 is 30.2. The third-order valence-corrected chi connectivity index (χ3v) is 4.58. The average Bonchev–Trinajstić information content (AvgIpc) is 2.47. The largest absolute Gasteiger partial charge is 0.379 e. The number of benzene rings is 1. The number of carbonyl (C=O) groups is 1. The molecule has 0 aliphatic rings. The first-order valence-electron chi connectivity index (χ1n) is 7.60. The van der Waals surface area contributed by atoms with E-state index in [1.807, 2.05) is 19.9 Å². The number of sulfonamides is 1. The van der Waals surface area contributed by atoms with Gasteiger partial charge in [-0.05, 0) is 25.8 Å². The van der Waals surface area contributed by atoms with Crippen molar-refractivity contribution in [3.05, 3.63) is 35.9 Å². The molecule has 130 valence electrons. The maximum absolute atomic E-state index is 12.5. The lowest BCUT2D eigenvalue weighted by Gasteiger charge is -2.25. The predicted molar refractivity (Wildman–Crippen MR) is 90.5 cm³/mol. The van der Waals surface area contributed by atoms with Gasteiger partial charge in [-0.25, -0.2) is 8.42 Å². The Bertz CT molecular complexity index is 587. The van der Waals surface area contributed by atoms with Crippen LogP contribution < -0.4 is 5.32 Å². The number of nitrogens with one attached hydrogen (secondary N) is 1. The van der Waals surface area contributed by atoms with E-state index in [-0.39, 0.29) is 12.0 Å². The molecule has 0 spiro atoms. The van der Waals surface area contributed by atoms with Crippen molar-refractivity contribution in [3.8, 4) is 0 Å². The van der Waals surface area contributed by atoms with Gasteiger partial charge >= 0.3 is 0 Å². The monoisotopic (exact) mass is 342 g/mol. The molecule has 0 saturated heterocycles. The van der Waals surface area contributed by atoms with Crippen LogP contribution in [-0.4, -0.2) is 51.2 Å². The van der Waals surface area contributed by atoms with Crippen LogP contribution in [0.25, 0.3) is 0 Å². The molecular formula is C16H26N2O4S. The van der Waals surface area contributed by atoms with Gasteiger partial charge in [0.25, 0.3) is 0 Å². The topological polar surface area (TPSA) is 75.7 Å². The van der Waals surface area contributed by atoms with Crippen LogP contribution >= 0.6 is 0 Å². The second-order valence-electron chi connectivity index (χ2n) is 5.66. The van der Waals surface area contributed by atoms with Crippen LogP contribution in [0.3, 0.4) is 0 Å². The molecule has 0 aliphatic carbocycles. The summed E-state index contributed by atoms with van der Waals surface area (Å²) in [5, 5.41) is 2.78. The fourth-order valence-corrected chi connectivity index (χ4v) is 2.65. The Morgan fingerprint density at radius 1 is 1.26 bits per heavy atom. The van der Waals surface area contributed by atoms with E-state index >= 15 is 0 Å². The number of hydrogen-bond acceptors (Lipinski definition) is 4. The van der Waals surface area contributed by atoms with Gasteiger partial charge in [-0.3, -0.25) is 4.79 Å². The summed E-state index contributed by atoms with van der Waals surface area (Å²) in [6.45, 7) is 4.89. The summed E-state index contributed by atoms with van der Waals surface area (Å²) in [5.41, 5.74) is 0.636. The molecule has 1 N–H and O–H groups in total. The summed E-state index contributed by atoms with van der Waals surface area (Å²) in [5.74, 6) is -0.339. The number of amides is 1. The molecular weight excluding hydrogens is 316 g/mol. The van der Waals surface area contributed by atoms with Crippen LogP contribution in [0, 0.1) is 0 Å². The molecule has 1 aromatic rings. The van der Waals surface area contributed by atoms with Crippen LogP contribution in [0.4, 0.5) is 0 Å². The third-order valence-electron chi connectivity index (χ3n) is 3.32. The Hall–Kier alpha value is -1.44. The van der Waals surface area contributed by atoms with Crippen molar-refractivity contribution in [2.45, 2.75) is 32.4 Å². The van der Waals surface area contributed by atoms with E-state index in [0.29, 0.717) is 25.1 Å². The minimum Gasteiger partial charge on any atom is -0.379 e. The molecule has 0 unspecified atom stereocenters. The van der Waals surface area contributed by atoms with Crippen molar-refractivity contribution in [1.29, 1.82) is 0 Å². The lowest BCUT2D eigenvalue weighted by molar-refractivity contribution is -0.124. The van der Waals surface area contributed by atoms with Crippen molar-refractivity contribution >= 4 is 15.9 Å². The molecule has 0 aromatic heterocycles. The van der Waals surface area contributed by atoms with Crippen LogP contribution in [0.1, 0.15) is 31.9 Å². The first kappa shape index (κ1) is 19.6. The van der Waals surface area contributed by atoms with Gasteiger partial charge < -0.3 is 10.1 Å². The molecule has 0 bridgehead atoms. The second kappa shape index (κ2) is 9.00. The van der Waals surface area contributed by atoms with Gasteiger partial charge in [0.1, 0.15) is 6.04 Å². The van der Waals surface area contributed by atoms with E-state index in [0.717, 1.165) is 10.6 Å². The minimum atomic E-state index is -3.49. The number of hydrogen-bond donors (Lipinski definition) is 1. The zero-order valence-electron chi connectivity index (χ0n) is 14.2. The van der Waals surface area contributed by atoms with E-state index in [9.17, 15) is 13.2 Å². The quantitative estimate of drug-likeness (QED) is 0.691. The summed E-state index contributed by atoms with van der Waals surface area (Å²) in [6, 6.07) is 7.99. The molecule has 0 aliphatic heterocycles. The molecule has 0 saturated carbocycles. The highest BCUT2D eigenvalue weighted by Crippen LogP contribution is 2.21. The number of ether oxygens (including phenoxy) is 1. The molecule has 1 rings (SSSR count). The lowest BCUT2D eigenvalue weighted by Crippen LogP contribution is -2.41. The number of nitrogens with zero attached hydrogens (tertiary/aromatic N) is 1. The Kier molecular flexibility index (Phi) is 7.67. The zero-order chi connectivity index (χ0) is 17.5. The highest BCUT2D eigenvalue weighted by Gasteiger charge is 2.30. The summed E-state index contributed by atoms with van der Waals surface area (Å²) >= 11 is 0. The van der Waals surface area contributed by atoms with E-state index in [1.165, 1.54) is 7.05 Å². The highest BCUT2D eigenvalue weighted by molar-refractivity contribution is 7.88. The Morgan fingerprint density at radius 2 is 1.87 bits per heavy atom. The van der Waals surface area contributed by atoms with E-state index in [4.69, 9.17) is 4.74 Å². The summed E-state index contributed by atoms with van der Waals surface area (Å²) in [7, 11) is -2.08. The average molecular weight is 342 g/mol. The van der Waals surface area contributed by atoms with Crippen LogP contribution in [0.5, 0.6) is 0 Å². The maximum atomic E-state index is 12.5. The summed E-state index contributed by atoms with van der Waals surface area (Å²) in [6.07, 6.45) is 1.92. The standard InChI is InChI=1S/C16H26N2O4S/c1-13(2)22-12-8-11-17-16(19)15(18(3)23(4,20)21)14-9-6-5-7-10-14/h5-7,9-10,13,15H,8,11-12H2,1-4H3,(H,17,19)/t15-/m1/s1. The van der Waals surface area contributed by atoms with Crippen molar-refractivity contribution < 1.29 is 17.9 Å². The van der Waals surface area contributed by atoms with Gasteiger partial charge in [0.15, 0.2) is 0 Å². The van der Waals surface area contributed by atoms with Gasteiger partial charge in [0, 0.05) is 20.2 Å². The molecule has 1 aromatic carbocycles. The molecule has 0 heterocycles. The van der Waals surface area contributed by atoms with E-state index in [2.05, 4.69) is 5.32 Å². The predicted octanol–water partition coefficient (Wildman–Crippen LogP) is 1.55. The SMILES string of the molecule is CC(C)OCCCNC(=O)[C@@H](c1ccccc1)N(C)S(C)(=O)=O. The van der Waals surface area contributed by atoms with Gasteiger partial charge in [-0.2, -0.15) is 4.31 Å². The molecule has 1 amide bonds. The fraction of sp³-hybridized carbons (Fsp3) is 0.562. The van der Waals surface area contributed by atoms with Crippen molar-refractivity contribution in [2.24, 2.45) is 0 Å². The van der Waals surface area contributed by atoms with Crippen LogP contribution in [0.15, 0.2) is 30.3 Å². The number of likely N-dealkylation sites (N-methyl/N-ethyl adjacent to an activating group) is 1. The molecule has 7 heteroatoms. The smallest absolute Gasteiger partial charge is 0.242 e. The normalized spacial score (nSPS) is 13.3. The zero-order valence-corrected chi connectivity index (χ0v) is 15.0. The maximum Gasteiger partial charge on any atom is 0.242 e. The second-order valence-corrected chi connectivity index (χ2v) is 7.70. The molecule has 1 atom stereocenters. The highest BCUT2D eigenvalue weighted by atomic mass is 32.2. The van der Waals surface area contributed by atoms with Gasteiger partial charge in [0.05, 0.1) is 12.4 Å². The van der Waals surface area contributed by atoms with Gasteiger partial charge in [-0.15, -0.1) is 0 Å². The lowest BCUT2D eigenvalue weighted by atomic mass is 10.1. The number of rotatable bonds is 9. The van der Waals surface area contributed by atoms with Gasteiger partial charge in [0.2, 0.25) is 15.9 Å². The molecule has 0 radical (unpaired) electrons. The van der Waals surface area contributed by atoms with Gasteiger partial charge in [-0.1, -0.05) is 30.3 Å². The van der Waals surface area contributed by atoms with E-state index < -0.39 is 16.1 Å². The summed E-state index contributed by atoms with van der Waals surface area (Å²) in [4.78, 5) is 12.5. The first-order valence-corrected chi connectivity index (χ1v) is 9.45. The Labute approximate surface area is 138 Å². The van der Waals surface area contributed by atoms with Crippen LogP contribution in [-0.2, 0) is 19.6 Å². The Balaban J connectivity index is 2.75.